The van der Waals surface area contributed by atoms with Crippen molar-refractivity contribution in [2.75, 3.05) is 12.4 Å². The minimum absolute atomic E-state index is 1.03. The van der Waals surface area contributed by atoms with Crippen LogP contribution in [0.4, 0.5) is 5.69 Å². The Labute approximate surface area is 164 Å². The van der Waals surface area contributed by atoms with E-state index in [2.05, 4.69) is 85.9 Å². The van der Waals surface area contributed by atoms with Crippen LogP contribution < -0.4 is 5.32 Å². The molecule has 140 valence electrons. The van der Waals surface area contributed by atoms with E-state index in [4.69, 9.17) is 0 Å². The first kappa shape index (κ1) is 19.2. The van der Waals surface area contributed by atoms with Crippen LogP contribution in [0.5, 0.6) is 0 Å². The molecule has 0 bridgehead atoms. The van der Waals surface area contributed by atoms with E-state index in [0.29, 0.717) is 0 Å². The molecular weight excluding hydrogens is 326 g/mol. The normalized spacial score (nSPS) is 10.8. The van der Waals surface area contributed by atoms with Crippen LogP contribution in [-0.2, 0) is 12.8 Å². The van der Waals surface area contributed by atoms with Crippen molar-refractivity contribution >= 4 is 5.69 Å². The van der Waals surface area contributed by atoms with Crippen molar-refractivity contribution in [2.45, 2.75) is 46.0 Å². The molecule has 0 aromatic heterocycles. The summed E-state index contributed by atoms with van der Waals surface area (Å²) in [4.78, 5) is 0. The van der Waals surface area contributed by atoms with Gasteiger partial charge in [0.2, 0.25) is 0 Å². The lowest BCUT2D eigenvalue weighted by molar-refractivity contribution is 0.717. The fourth-order valence-electron chi connectivity index (χ4n) is 3.61. The SMILES string of the molecule is CCCCCc1ccc(-c2ccc(-c3ccc(NC)cc3)c(CC)c2)cc1. The molecule has 0 aliphatic rings. The van der Waals surface area contributed by atoms with Crippen LogP contribution >= 0.6 is 0 Å². The molecule has 0 radical (unpaired) electrons. The molecule has 1 heteroatoms. The van der Waals surface area contributed by atoms with E-state index < -0.39 is 0 Å². The van der Waals surface area contributed by atoms with Gasteiger partial charge in [-0.2, -0.15) is 0 Å². The van der Waals surface area contributed by atoms with Gasteiger partial charge in [0, 0.05) is 12.7 Å². The highest BCUT2D eigenvalue weighted by molar-refractivity contribution is 5.74. The van der Waals surface area contributed by atoms with Crippen LogP contribution in [0.15, 0.2) is 66.7 Å². The maximum atomic E-state index is 3.19. The molecular formula is C26H31N. The third-order valence-corrected chi connectivity index (χ3v) is 5.33. The number of nitrogens with one attached hydrogen (secondary N) is 1. The van der Waals surface area contributed by atoms with E-state index in [-0.39, 0.29) is 0 Å². The van der Waals surface area contributed by atoms with Crippen molar-refractivity contribution in [2.24, 2.45) is 0 Å². The number of hydrogen-bond donors (Lipinski definition) is 1. The molecule has 0 saturated heterocycles. The molecule has 0 atom stereocenters. The average Bonchev–Trinajstić information content (AvgIpc) is 2.74. The first-order chi connectivity index (χ1) is 13.2. The second-order valence-electron chi connectivity index (χ2n) is 7.21. The van der Waals surface area contributed by atoms with E-state index in [9.17, 15) is 0 Å². The molecule has 1 N–H and O–H groups in total. The molecule has 0 amide bonds. The first-order valence-electron chi connectivity index (χ1n) is 10.3. The Bertz CT molecular complexity index is 844. The summed E-state index contributed by atoms with van der Waals surface area (Å²) >= 11 is 0. The predicted octanol–water partition coefficient (Wildman–Crippen LogP) is 7.36. The summed E-state index contributed by atoms with van der Waals surface area (Å²) < 4.78 is 0. The van der Waals surface area contributed by atoms with Gasteiger partial charge in [-0.1, -0.05) is 81.3 Å². The van der Waals surface area contributed by atoms with Gasteiger partial charge in [-0.05, 0) is 64.8 Å². The molecule has 27 heavy (non-hydrogen) atoms. The average molecular weight is 358 g/mol. The van der Waals surface area contributed by atoms with Crippen molar-refractivity contribution < 1.29 is 0 Å². The molecule has 0 fully saturated rings. The Morgan fingerprint density at radius 3 is 2.00 bits per heavy atom. The van der Waals surface area contributed by atoms with Crippen LogP contribution in [0.2, 0.25) is 0 Å². The Hall–Kier alpha value is -2.54. The molecule has 0 unspecified atom stereocenters. The van der Waals surface area contributed by atoms with Crippen LogP contribution in [0.3, 0.4) is 0 Å². The number of anilines is 1. The van der Waals surface area contributed by atoms with E-state index in [1.165, 1.54) is 59.1 Å². The molecule has 3 aromatic carbocycles. The fourth-order valence-corrected chi connectivity index (χ4v) is 3.61. The minimum Gasteiger partial charge on any atom is -0.388 e. The monoisotopic (exact) mass is 357 g/mol. The summed E-state index contributed by atoms with van der Waals surface area (Å²) in [5, 5.41) is 3.19. The zero-order valence-electron chi connectivity index (χ0n) is 16.9. The van der Waals surface area contributed by atoms with Gasteiger partial charge in [0.05, 0.1) is 0 Å². The number of unbranched alkanes of at least 4 members (excludes halogenated alkanes) is 2. The topological polar surface area (TPSA) is 12.0 Å². The zero-order valence-corrected chi connectivity index (χ0v) is 16.9. The maximum absolute atomic E-state index is 3.19. The van der Waals surface area contributed by atoms with Crippen LogP contribution in [-0.4, -0.2) is 7.05 Å². The lowest BCUT2D eigenvalue weighted by atomic mass is 9.93. The molecule has 3 rings (SSSR count). The minimum atomic E-state index is 1.03. The third kappa shape index (κ3) is 4.80. The van der Waals surface area contributed by atoms with Crippen LogP contribution in [0, 0.1) is 0 Å². The van der Waals surface area contributed by atoms with Gasteiger partial charge in [0.25, 0.3) is 0 Å². The van der Waals surface area contributed by atoms with Gasteiger partial charge in [0.1, 0.15) is 0 Å². The predicted molar refractivity (Wildman–Crippen MR) is 119 cm³/mol. The Morgan fingerprint density at radius 1 is 0.704 bits per heavy atom. The summed E-state index contributed by atoms with van der Waals surface area (Å²) in [6.45, 7) is 4.49. The van der Waals surface area contributed by atoms with Crippen molar-refractivity contribution in [3.63, 3.8) is 0 Å². The van der Waals surface area contributed by atoms with Crippen molar-refractivity contribution in [1.82, 2.24) is 0 Å². The molecule has 0 heterocycles. The van der Waals surface area contributed by atoms with E-state index in [1.54, 1.807) is 0 Å². The van der Waals surface area contributed by atoms with E-state index in [0.717, 1.165) is 12.1 Å². The first-order valence-corrected chi connectivity index (χ1v) is 10.3. The molecule has 1 nitrogen and oxygen atoms in total. The molecule has 0 spiro atoms. The Kier molecular flexibility index (Phi) is 6.70. The van der Waals surface area contributed by atoms with Crippen molar-refractivity contribution in [3.8, 4) is 22.3 Å². The fraction of sp³-hybridized carbons (Fsp3) is 0.308. The highest BCUT2D eigenvalue weighted by atomic mass is 14.8. The van der Waals surface area contributed by atoms with Crippen molar-refractivity contribution in [1.29, 1.82) is 0 Å². The standard InChI is InChI=1S/C26H31N/c1-4-6-7-8-20-9-11-22(12-10-20)24-15-18-26(21(5-2)19-24)23-13-16-25(27-3)17-14-23/h9-19,27H,4-8H2,1-3H3. The lowest BCUT2D eigenvalue weighted by Gasteiger charge is -2.12. The highest BCUT2D eigenvalue weighted by Crippen LogP contribution is 2.30. The summed E-state index contributed by atoms with van der Waals surface area (Å²) in [6.07, 6.45) is 6.11. The lowest BCUT2D eigenvalue weighted by Crippen LogP contribution is -1.91. The molecule has 0 aliphatic carbocycles. The summed E-state index contributed by atoms with van der Waals surface area (Å²) in [5.41, 5.74) is 9.22. The van der Waals surface area contributed by atoms with Gasteiger partial charge >= 0.3 is 0 Å². The highest BCUT2D eigenvalue weighted by Gasteiger charge is 2.07. The molecule has 0 saturated carbocycles. The van der Waals surface area contributed by atoms with Crippen molar-refractivity contribution in [3.05, 3.63) is 77.9 Å². The second-order valence-corrected chi connectivity index (χ2v) is 7.21. The van der Waals surface area contributed by atoms with Gasteiger partial charge in [-0.15, -0.1) is 0 Å². The number of hydrogen-bond acceptors (Lipinski definition) is 1. The largest absolute Gasteiger partial charge is 0.388 e. The third-order valence-electron chi connectivity index (χ3n) is 5.33. The summed E-state index contributed by atoms with van der Waals surface area (Å²) in [7, 11) is 1.95. The molecule has 0 aliphatic heterocycles. The van der Waals surface area contributed by atoms with Crippen LogP contribution in [0.1, 0.15) is 44.2 Å². The molecule has 3 aromatic rings. The maximum Gasteiger partial charge on any atom is 0.0337 e. The smallest absolute Gasteiger partial charge is 0.0337 e. The number of aryl methyl sites for hydroxylation is 2. The van der Waals surface area contributed by atoms with E-state index in [1.807, 2.05) is 7.05 Å². The summed E-state index contributed by atoms with van der Waals surface area (Å²) in [5.74, 6) is 0. The van der Waals surface area contributed by atoms with Gasteiger partial charge < -0.3 is 5.32 Å². The number of rotatable bonds is 8. The Balaban J connectivity index is 1.82. The zero-order chi connectivity index (χ0) is 19.1. The Morgan fingerprint density at radius 2 is 1.37 bits per heavy atom. The van der Waals surface area contributed by atoms with Gasteiger partial charge in [0.15, 0.2) is 0 Å². The van der Waals surface area contributed by atoms with Gasteiger partial charge in [-0.25, -0.2) is 0 Å². The number of benzene rings is 3. The quantitative estimate of drug-likeness (QED) is 0.415. The summed E-state index contributed by atoms with van der Waals surface area (Å²) in [6, 6.07) is 24.7. The second kappa shape index (κ2) is 9.41. The van der Waals surface area contributed by atoms with E-state index >= 15 is 0 Å². The van der Waals surface area contributed by atoms with Gasteiger partial charge in [-0.3, -0.25) is 0 Å². The van der Waals surface area contributed by atoms with Crippen LogP contribution in [0.25, 0.3) is 22.3 Å².